The van der Waals surface area contributed by atoms with Gasteiger partial charge in [0, 0.05) is 24.1 Å². The van der Waals surface area contributed by atoms with Gasteiger partial charge in [-0.15, -0.1) is 0 Å². The predicted molar refractivity (Wildman–Crippen MR) is 93.4 cm³/mol. The second kappa shape index (κ2) is 6.47. The molecule has 0 radical (unpaired) electrons. The van der Waals surface area contributed by atoms with E-state index in [0.29, 0.717) is 22.0 Å². The van der Waals surface area contributed by atoms with Gasteiger partial charge < -0.3 is 11.1 Å². The van der Waals surface area contributed by atoms with Crippen LogP contribution in [-0.4, -0.2) is 5.91 Å². The van der Waals surface area contributed by atoms with Crippen molar-refractivity contribution < 1.29 is 4.79 Å². The Balaban J connectivity index is 2.35. The van der Waals surface area contributed by atoms with Gasteiger partial charge in [0.15, 0.2) is 0 Å². The van der Waals surface area contributed by atoms with Gasteiger partial charge in [-0.05, 0) is 62.2 Å². The summed E-state index contributed by atoms with van der Waals surface area (Å²) < 4.78 is 2.37. The minimum Gasteiger partial charge on any atom is -0.398 e. The van der Waals surface area contributed by atoms with Crippen LogP contribution in [0.25, 0.3) is 0 Å². The molecule has 2 aromatic carbocycles. The van der Waals surface area contributed by atoms with Crippen LogP contribution in [0.15, 0.2) is 43.7 Å². The van der Waals surface area contributed by atoms with Gasteiger partial charge in [-0.1, -0.05) is 27.5 Å². The first-order chi connectivity index (χ1) is 9.38. The van der Waals surface area contributed by atoms with Crippen molar-refractivity contribution in [2.24, 2.45) is 0 Å². The Morgan fingerprint density at radius 2 is 1.70 bits per heavy atom. The van der Waals surface area contributed by atoms with Crippen LogP contribution < -0.4 is 11.1 Å². The summed E-state index contributed by atoms with van der Waals surface area (Å²) in [5.41, 5.74) is 7.12. The average molecular weight is 483 g/mol. The van der Waals surface area contributed by atoms with Crippen molar-refractivity contribution in [1.29, 1.82) is 0 Å². The number of nitrogen functional groups attached to an aromatic ring is 1. The topological polar surface area (TPSA) is 55.1 Å². The van der Waals surface area contributed by atoms with E-state index < -0.39 is 0 Å². The van der Waals surface area contributed by atoms with Gasteiger partial charge in [-0.2, -0.15) is 0 Å². The Kier molecular flexibility index (Phi) is 5.12. The van der Waals surface area contributed by atoms with Crippen LogP contribution in [0.1, 0.15) is 10.4 Å². The van der Waals surface area contributed by atoms with Crippen LogP contribution in [0.2, 0.25) is 5.02 Å². The van der Waals surface area contributed by atoms with Crippen LogP contribution in [-0.2, 0) is 0 Å². The minimum atomic E-state index is -0.325. The molecule has 0 aliphatic heterocycles. The highest BCUT2D eigenvalue weighted by Gasteiger charge is 2.14. The summed E-state index contributed by atoms with van der Waals surface area (Å²) in [4.78, 5) is 12.3. The SMILES string of the molecule is Nc1ccc(Cl)cc1C(=O)Nc1c(Br)cc(Br)cc1Br. The summed E-state index contributed by atoms with van der Waals surface area (Å²) in [6.07, 6.45) is 0. The van der Waals surface area contributed by atoms with Gasteiger partial charge in [0.1, 0.15) is 0 Å². The molecule has 0 bridgehead atoms. The van der Waals surface area contributed by atoms with Gasteiger partial charge in [0.05, 0.1) is 11.3 Å². The van der Waals surface area contributed by atoms with Gasteiger partial charge in [0.2, 0.25) is 0 Å². The zero-order valence-corrected chi connectivity index (χ0v) is 15.4. The number of rotatable bonds is 2. The van der Waals surface area contributed by atoms with Crippen LogP contribution in [0.5, 0.6) is 0 Å². The number of nitrogens with two attached hydrogens (primary N) is 1. The maximum Gasteiger partial charge on any atom is 0.257 e. The van der Waals surface area contributed by atoms with Gasteiger partial charge in [-0.3, -0.25) is 4.79 Å². The monoisotopic (exact) mass is 480 g/mol. The molecule has 0 aliphatic rings. The number of anilines is 2. The van der Waals surface area contributed by atoms with Crippen LogP contribution >= 0.6 is 59.4 Å². The molecule has 0 atom stereocenters. The van der Waals surface area contributed by atoms with E-state index >= 15 is 0 Å². The predicted octanol–water partition coefficient (Wildman–Crippen LogP) is 5.46. The van der Waals surface area contributed by atoms with Crippen LogP contribution in [0.3, 0.4) is 0 Å². The smallest absolute Gasteiger partial charge is 0.257 e. The molecule has 2 rings (SSSR count). The number of amides is 1. The van der Waals surface area contributed by atoms with E-state index in [1.165, 1.54) is 6.07 Å². The quantitative estimate of drug-likeness (QED) is 0.558. The Bertz CT molecular complexity index is 668. The highest BCUT2D eigenvalue weighted by Crippen LogP contribution is 2.35. The van der Waals surface area contributed by atoms with Crippen molar-refractivity contribution >= 4 is 76.7 Å². The second-order valence-corrected chi connectivity index (χ2v) is 6.99. The Morgan fingerprint density at radius 1 is 1.10 bits per heavy atom. The third kappa shape index (κ3) is 3.55. The summed E-state index contributed by atoms with van der Waals surface area (Å²) in [5.74, 6) is -0.325. The lowest BCUT2D eigenvalue weighted by atomic mass is 10.1. The van der Waals surface area contributed by atoms with Crippen LogP contribution in [0, 0.1) is 0 Å². The highest BCUT2D eigenvalue weighted by molar-refractivity contribution is 9.11. The second-order valence-electron chi connectivity index (χ2n) is 3.93. The Morgan fingerprint density at radius 3 is 2.30 bits per heavy atom. The lowest BCUT2D eigenvalue weighted by Crippen LogP contribution is -2.14. The van der Waals surface area contributed by atoms with Crippen molar-refractivity contribution in [3.8, 4) is 0 Å². The molecule has 7 heteroatoms. The van der Waals surface area contributed by atoms with Crippen molar-refractivity contribution in [3.63, 3.8) is 0 Å². The van der Waals surface area contributed by atoms with E-state index in [0.717, 1.165) is 13.4 Å². The number of halogens is 4. The molecular formula is C13H8Br3ClN2O. The van der Waals surface area contributed by atoms with Gasteiger partial charge >= 0.3 is 0 Å². The fourth-order valence-electron chi connectivity index (χ4n) is 1.57. The molecule has 2 aromatic rings. The molecule has 1 amide bonds. The zero-order chi connectivity index (χ0) is 14.9. The average Bonchev–Trinajstić information content (AvgIpc) is 2.36. The zero-order valence-electron chi connectivity index (χ0n) is 9.88. The van der Waals surface area contributed by atoms with Crippen molar-refractivity contribution in [2.75, 3.05) is 11.1 Å². The number of benzene rings is 2. The fraction of sp³-hybridized carbons (Fsp3) is 0. The summed E-state index contributed by atoms with van der Waals surface area (Å²) in [6.45, 7) is 0. The van der Waals surface area contributed by atoms with Gasteiger partial charge in [-0.25, -0.2) is 0 Å². The number of carbonyl (C=O) groups excluding carboxylic acids is 1. The third-order valence-electron chi connectivity index (χ3n) is 2.51. The van der Waals surface area contributed by atoms with E-state index in [-0.39, 0.29) is 5.91 Å². The van der Waals surface area contributed by atoms with Gasteiger partial charge in [0.25, 0.3) is 5.91 Å². The van der Waals surface area contributed by atoms with Crippen molar-refractivity contribution in [3.05, 3.63) is 54.3 Å². The van der Waals surface area contributed by atoms with E-state index in [1.807, 2.05) is 12.1 Å². The highest BCUT2D eigenvalue weighted by atomic mass is 79.9. The first-order valence-electron chi connectivity index (χ1n) is 5.39. The molecule has 0 aliphatic carbocycles. The molecule has 104 valence electrons. The first kappa shape index (κ1) is 15.8. The number of hydrogen-bond donors (Lipinski definition) is 2. The van der Waals surface area contributed by atoms with E-state index in [2.05, 4.69) is 53.1 Å². The molecular weight excluding hydrogens is 475 g/mol. The number of carbonyl (C=O) groups is 1. The van der Waals surface area contributed by atoms with Crippen LogP contribution in [0.4, 0.5) is 11.4 Å². The summed E-state index contributed by atoms with van der Waals surface area (Å²) in [5, 5.41) is 3.25. The number of nitrogens with one attached hydrogen (secondary N) is 1. The van der Waals surface area contributed by atoms with Crippen molar-refractivity contribution in [1.82, 2.24) is 0 Å². The standard InChI is InChI=1S/C13H8Br3ClN2O/c14-6-3-9(15)12(10(16)4-6)19-13(20)8-5-7(17)1-2-11(8)18/h1-5H,18H2,(H,19,20). The van der Waals surface area contributed by atoms with E-state index in [4.69, 9.17) is 17.3 Å². The molecule has 0 spiro atoms. The maximum atomic E-state index is 12.3. The van der Waals surface area contributed by atoms with E-state index in [9.17, 15) is 4.79 Å². The fourth-order valence-corrected chi connectivity index (χ4v) is 4.20. The molecule has 0 saturated carbocycles. The first-order valence-corrected chi connectivity index (χ1v) is 8.15. The molecule has 0 fully saturated rings. The molecule has 3 nitrogen and oxygen atoms in total. The molecule has 0 saturated heterocycles. The normalized spacial score (nSPS) is 10.4. The molecule has 0 unspecified atom stereocenters. The summed E-state index contributed by atoms with van der Waals surface area (Å²) in [6, 6.07) is 8.44. The summed E-state index contributed by atoms with van der Waals surface area (Å²) >= 11 is 16.1. The van der Waals surface area contributed by atoms with Crippen molar-refractivity contribution in [2.45, 2.75) is 0 Å². The minimum absolute atomic E-state index is 0.325. The largest absolute Gasteiger partial charge is 0.398 e. The number of hydrogen-bond acceptors (Lipinski definition) is 2. The molecule has 20 heavy (non-hydrogen) atoms. The molecule has 3 N–H and O–H groups in total. The summed E-state index contributed by atoms with van der Waals surface area (Å²) in [7, 11) is 0. The maximum absolute atomic E-state index is 12.3. The van der Waals surface area contributed by atoms with E-state index in [1.54, 1.807) is 12.1 Å². The molecule has 0 aromatic heterocycles. The lowest BCUT2D eigenvalue weighted by Gasteiger charge is -2.12. The lowest BCUT2D eigenvalue weighted by molar-refractivity contribution is 0.102. The third-order valence-corrected chi connectivity index (χ3v) is 4.45. The Hall–Kier alpha value is -0.560. The Labute approximate surface area is 146 Å². The molecule has 0 heterocycles.